The topological polar surface area (TPSA) is 49.3 Å². The molecule has 1 heterocycles. The highest BCUT2D eigenvalue weighted by Crippen LogP contribution is 2.14. The lowest BCUT2D eigenvalue weighted by molar-refractivity contribution is -0.119. The summed E-state index contributed by atoms with van der Waals surface area (Å²) in [6.07, 6.45) is 2.44. The van der Waals surface area contributed by atoms with Gasteiger partial charge in [-0.05, 0) is 18.8 Å². The van der Waals surface area contributed by atoms with Gasteiger partial charge in [-0.25, -0.2) is 0 Å². The van der Waals surface area contributed by atoms with Crippen LogP contribution in [-0.2, 0) is 4.79 Å². The molecule has 0 spiro atoms. The number of hydrogen-bond donors (Lipinski definition) is 2. The van der Waals surface area contributed by atoms with Crippen molar-refractivity contribution < 1.29 is 9.90 Å². The van der Waals surface area contributed by atoms with Gasteiger partial charge in [0.15, 0.2) is 0 Å². The van der Waals surface area contributed by atoms with Crippen LogP contribution in [0.4, 0.5) is 0 Å². The molecule has 58 valence electrons. The maximum absolute atomic E-state index is 10.6. The standard InChI is InChI=1S/C7H13NO2/c9-3-1-2-6-4-7(10)8-5-6/h6,9H,1-5H2,(H,8,10). The smallest absolute Gasteiger partial charge is 0.220 e. The van der Waals surface area contributed by atoms with Crippen molar-refractivity contribution in [3.63, 3.8) is 0 Å². The molecule has 1 aliphatic rings. The van der Waals surface area contributed by atoms with Crippen LogP contribution in [0.1, 0.15) is 19.3 Å². The molecule has 0 aliphatic carbocycles. The van der Waals surface area contributed by atoms with Crippen LogP contribution in [0, 0.1) is 5.92 Å². The Labute approximate surface area is 60.4 Å². The van der Waals surface area contributed by atoms with Crippen LogP contribution in [0.15, 0.2) is 0 Å². The number of aliphatic hydroxyl groups is 1. The number of hydrogen-bond acceptors (Lipinski definition) is 2. The number of aliphatic hydroxyl groups excluding tert-OH is 1. The van der Waals surface area contributed by atoms with Gasteiger partial charge in [0.2, 0.25) is 5.91 Å². The Morgan fingerprint density at radius 1 is 1.70 bits per heavy atom. The lowest BCUT2D eigenvalue weighted by atomic mass is 10.0. The Hall–Kier alpha value is -0.570. The van der Waals surface area contributed by atoms with E-state index in [1.54, 1.807) is 0 Å². The molecule has 0 aromatic rings. The molecule has 0 bridgehead atoms. The second-order valence-electron chi connectivity index (χ2n) is 2.74. The van der Waals surface area contributed by atoms with E-state index in [0.717, 1.165) is 19.4 Å². The SMILES string of the molecule is O=C1CC(CCCO)CN1. The third-order valence-electron chi connectivity index (χ3n) is 1.83. The van der Waals surface area contributed by atoms with Crippen LogP contribution < -0.4 is 5.32 Å². The second-order valence-corrected chi connectivity index (χ2v) is 2.74. The van der Waals surface area contributed by atoms with E-state index in [1.807, 2.05) is 0 Å². The molecule has 2 N–H and O–H groups in total. The second kappa shape index (κ2) is 3.56. The molecule has 0 saturated carbocycles. The zero-order chi connectivity index (χ0) is 7.40. The minimum Gasteiger partial charge on any atom is -0.396 e. The molecule has 1 fully saturated rings. The molecule has 1 unspecified atom stereocenters. The molecule has 1 aliphatic heterocycles. The maximum Gasteiger partial charge on any atom is 0.220 e. The minimum atomic E-state index is 0.155. The zero-order valence-electron chi connectivity index (χ0n) is 5.97. The van der Waals surface area contributed by atoms with Crippen molar-refractivity contribution in [3.8, 4) is 0 Å². The molecule has 3 nitrogen and oxygen atoms in total. The summed E-state index contributed by atoms with van der Waals surface area (Å²) in [4.78, 5) is 10.6. The van der Waals surface area contributed by atoms with E-state index >= 15 is 0 Å². The van der Waals surface area contributed by atoms with E-state index in [0.29, 0.717) is 12.3 Å². The normalized spacial score (nSPS) is 24.9. The van der Waals surface area contributed by atoms with E-state index in [-0.39, 0.29) is 12.5 Å². The third kappa shape index (κ3) is 1.99. The van der Waals surface area contributed by atoms with Crippen molar-refractivity contribution in [1.82, 2.24) is 5.32 Å². The summed E-state index contributed by atoms with van der Waals surface area (Å²) in [7, 11) is 0. The van der Waals surface area contributed by atoms with Crippen molar-refractivity contribution in [2.75, 3.05) is 13.2 Å². The summed E-state index contributed by atoms with van der Waals surface area (Å²) in [5.74, 6) is 0.627. The summed E-state index contributed by atoms with van der Waals surface area (Å²) in [5.41, 5.74) is 0. The number of carbonyl (C=O) groups is 1. The Bertz CT molecular complexity index is 125. The quantitative estimate of drug-likeness (QED) is 0.579. The molecule has 3 heteroatoms. The Morgan fingerprint density at radius 2 is 2.50 bits per heavy atom. The molecule has 0 aromatic heterocycles. The van der Waals surface area contributed by atoms with Crippen molar-refractivity contribution in [2.45, 2.75) is 19.3 Å². The van der Waals surface area contributed by atoms with E-state index in [4.69, 9.17) is 5.11 Å². The molecule has 0 aromatic carbocycles. The summed E-state index contributed by atoms with van der Waals surface area (Å²) < 4.78 is 0. The zero-order valence-corrected chi connectivity index (χ0v) is 5.97. The van der Waals surface area contributed by atoms with Gasteiger partial charge < -0.3 is 10.4 Å². The fourth-order valence-corrected chi connectivity index (χ4v) is 1.25. The monoisotopic (exact) mass is 143 g/mol. The Kier molecular flexibility index (Phi) is 2.68. The van der Waals surface area contributed by atoms with Crippen LogP contribution in [0.5, 0.6) is 0 Å². The van der Waals surface area contributed by atoms with Crippen molar-refractivity contribution in [2.24, 2.45) is 5.92 Å². The Morgan fingerprint density at radius 3 is 3.00 bits per heavy atom. The van der Waals surface area contributed by atoms with E-state index in [2.05, 4.69) is 5.32 Å². The first-order chi connectivity index (χ1) is 4.83. The van der Waals surface area contributed by atoms with E-state index in [1.165, 1.54) is 0 Å². The summed E-state index contributed by atoms with van der Waals surface area (Å²) in [6, 6.07) is 0. The van der Waals surface area contributed by atoms with Gasteiger partial charge in [0, 0.05) is 19.6 Å². The molecule has 0 radical (unpaired) electrons. The lowest BCUT2D eigenvalue weighted by Gasteiger charge is -2.02. The highest BCUT2D eigenvalue weighted by molar-refractivity contribution is 5.78. The first-order valence-corrected chi connectivity index (χ1v) is 3.70. The van der Waals surface area contributed by atoms with Crippen LogP contribution in [0.2, 0.25) is 0 Å². The third-order valence-corrected chi connectivity index (χ3v) is 1.83. The van der Waals surface area contributed by atoms with Gasteiger partial charge in [0.05, 0.1) is 0 Å². The van der Waals surface area contributed by atoms with Gasteiger partial charge in [-0.15, -0.1) is 0 Å². The van der Waals surface area contributed by atoms with Gasteiger partial charge in [-0.1, -0.05) is 0 Å². The summed E-state index contributed by atoms with van der Waals surface area (Å²) >= 11 is 0. The van der Waals surface area contributed by atoms with Crippen LogP contribution in [0.25, 0.3) is 0 Å². The number of rotatable bonds is 3. The predicted molar refractivity (Wildman–Crippen MR) is 37.4 cm³/mol. The fourth-order valence-electron chi connectivity index (χ4n) is 1.25. The number of amides is 1. The maximum atomic E-state index is 10.6. The molecular weight excluding hydrogens is 130 g/mol. The van der Waals surface area contributed by atoms with Gasteiger partial charge in [0.25, 0.3) is 0 Å². The summed E-state index contributed by atoms with van der Waals surface area (Å²) in [6.45, 7) is 1.05. The number of carbonyl (C=O) groups excluding carboxylic acids is 1. The molecule has 1 amide bonds. The van der Waals surface area contributed by atoms with E-state index < -0.39 is 0 Å². The highest BCUT2D eigenvalue weighted by Gasteiger charge is 2.20. The largest absolute Gasteiger partial charge is 0.396 e. The Balaban J connectivity index is 2.12. The van der Waals surface area contributed by atoms with Gasteiger partial charge in [-0.3, -0.25) is 4.79 Å². The molecule has 10 heavy (non-hydrogen) atoms. The predicted octanol–water partition coefficient (Wildman–Crippen LogP) is -0.105. The molecule has 1 atom stereocenters. The molecule has 1 saturated heterocycles. The van der Waals surface area contributed by atoms with Crippen molar-refractivity contribution in [3.05, 3.63) is 0 Å². The lowest BCUT2D eigenvalue weighted by Crippen LogP contribution is -2.13. The van der Waals surface area contributed by atoms with Crippen LogP contribution in [-0.4, -0.2) is 24.2 Å². The first kappa shape index (κ1) is 7.54. The van der Waals surface area contributed by atoms with Crippen molar-refractivity contribution in [1.29, 1.82) is 0 Å². The first-order valence-electron chi connectivity index (χ1n) is 3.70. The number of nitrogens with one attached hydrogen (secondary N) is 1. The average molecular weight is 143 g/mol. The van der Waals surface area contributed by atoms with Gasteiger partial charge in [0.1, 0.15) is 0 Å². The minimum absolute atomic E-state index is 0.155. The highest BCUT2D eigenvalue weighted by atomic mass is 16.2. The van der Waals surface area contributed by atoms with E-state index in [9.17, 15) is 4.79 Å². The molecular formula is C7H13NO2. The average Bonchev–Trinajstić information content (AvgIpc) is 2.31. The van der Waals surface area contributed by atoms with Gasteiger partial charge in [-0.2, -0.15) is 0 Å². The van der Waals surface area contributed by atoms with Crippen molar-refractivity contribution >= 4 is 5.91 Å². The fraction of sp³-hybridized carbons (Fsp3) is 0.857. The molecule has 1 rings (SSSR count). The van der Waals surface area contributed by atoms with Gasteiger partial charge >= 0.3 is 0 Å². The van der Waals surface area contributed by atoms with Crippen LogP contribution in [0.3, 0.4) is 0 Å². The summed E-state index contributed by atoms with van der Waals surface area (Å²) in [5, 5.41) is 11.2. The van der Waals surface area contributed by atoms with Crippen LogP contribution >= 0.6 is 0 Å².